The van der Waals surface area contributed by atoms with E-state index in [1.807, 2.05) is 13.8 Å². The van der Waals surface area contributed by atoms with Crippen molar-refractivity contribution in [3.8, 4) is 6.07 Å². The fourth-order valence-corrected chi connectivity index (χ4v) is 4.10. The molecule has 1 saturated carbocycles. The van der Waals surface area contributed by atoms with Crippen LogP contribution in [0.5, 0.6) is 0 Å². The molecule has 3 rings (SSSR count). The van der Waals surface area contributed by atoms with E-state index in [1.165, 1.54) is 18.9 Å². The number of likely N-dealkylation sites (N-methyl/N-ethyl adjacent to an activating group) is 1. The van der Waals surface area contributed by atoms with Crippen LogP contribution in [-0.4, -0.2) is 29.0 Å². The van der Waals surface area contributed by atoms with Gasteiger partial charge >= 0.3 is 0 Å². The smallest absolute Gasteiger partial charge is 0.239 e. The molecule has 1 heterocycles. The van der Waals surface area contributed by atoms with Gasteiger partial charge in [0.15, 0.2) is 0 Å². The van der Waals surface area contributed by atoms with Crippen molar-refractivity contribution < 1.29 is 9.18 Å². The number of benzene rings is 1. The molecule has 0 spiro atoms. The maximum Gasteiger partial charge on any atom is 0.239 e. The SMILES string of the molecule is Cc1c(C#N)c(NC(=O)CN(C)Cc2ccccc2F)n(C2CCCC2)c1C. The lowest BCUT2D eigenvalue weighted by molar-refractivity contribution is -0.117. The van der Waals surface area contributed by atoms with E-state index in [4.69, 9.17) is 0 Å². The Morgan fingerprint density at radius 2 is 2.00 bits per heavy atom. The first kappa shape index (κ1) is 20.1. The van der Waals surface area contributed by atoms with Crippen LogP contribution in [0.25, 0.3) is 0 Å². The molecular weight excluding hydrogens is 355 g/mol. The lowest BCUT2D eigenvalue weighted by Crippen LogP contribution is -2.31. The van der Waals surface area contributed by atoms with Gasteiger partial charge in [0.25, 0.3) is 0 Å². The number of carbonyl (C=O) groups is 1. The third-order valence-corrected chi connectivity index (χ3v) is 5.63. The van der Waals surface area contributed by atoms with Crippen LogP contribution in [0.2, 0.25) is 0 Å². The first-order chi connectivity index (χ1) is 13.4. The second kappa shape index (κ2) is 8.57. The van der Waals surface area contributed by atoms with Crippen molar-refractivity contribution in [2.75, 3.05) is 18.9 Å². The molecule has 1 aromatic carbocycles. The van der Waals surface area contributed by atoms with Crippen molar-refractivity contribution in [3.63, 3.8) is 0 Å². The Hall–Kier alpha value is -2.65. The van der Waals surface area contributed by atoms with Crippen LogP contribution in [0.15, 0.2) is 24.3 Å². The maximum absolute atomic E-state index is 13.8. The van der Waals surface area contributed by atoms with Crippen LogP contribution >= 0.6 is 0 Å². The molecule has 0 radical (unpaired) electrons. The fourth-order valence-electron chi connectivity index (χ4n) is 4.10. The topological polar surface area (TPSA) is 61.1 Å². The number of carbonyl (C=O) groups excluding carboxylic acids is 1. The Bertz CT molecular complexity index is 906. The highest BCUT2D eigenvalue weighted by Gasteiger charge is 2.26. The minimum atomic E-state index is -0.275. The number of anilines is 1. The number of aromatic nitrogens is 1. The number of rotatable bonds is 6. The summed E-state index contributed by atoms with van der Waals surface area (Å²) in [6.07, 6.45) is 4.47. The molecule has 1 aliphatic rings. The highest BCUT2D eigenvalue weighted by atomic mass is 19.1. The Morgan fingerprint density at radius 1 is 1.32 bits per heavy atom. The summed E-state index contributed by atoms with van der Waals surface area (Å²) in [6.45, 7) is 4.40. The Kier molecular flexibility index (Phi) is 6.15. The quantitative estimate of drug-likeness (QED) is 0.810. The molecule has 0 saturated heterocycles. The van der Waals surface area contributed by atoms with Crippen LogP contribution in [0.4, 0.5) is 10.2 Å². The van der Waals surface area contributed by atoms with Crippen molar-refractivity contribution in [3.05, 3.63) is 52.5 Å². The van der Waals surface area contributed by atoms with Crippen LogP contribution in [0.3, 0.4) is 0 Å². The summed E-state index contributed by atoms with van der Waals surface area (Å²) in [7, 11) is 1.78. The fraction of sp³-hybridized carbons (Fsp3) is 0.455. The molecule has 5 nitrogen and oxygen atoms in total. The number of hydrogen-bond donors (Lipinski definition) is 1. The minimum Gasteiger partial charge on any atom is -0.327 e. The van der Waals surface area contributed by atoms with E-state index < -0.39 is 0 Å². The third kappa shape index (κ3) is 4.10. The number of amides is 1. The minimum absolute atomic E-state index is 0.118. The van der Waals surface area contributed by atoms with Crippen molar-refractivity contribution in [2.24, 2.45) is 0 Å². The van der Waals surface area contributed by atoms with Gasteiger partial charge < -0.3 is 9.88 Å². The molecule has 0 bridgehead atoms. The van der Waals surface area contributed by atoms with E-state index in [2.05, 4.69) is 16.0 Å². The van der Waals surface area contributed by atoms with Gasteiger partial charge in [0.2, 0.25) is 5.91 Å². The van der Waals surface area contributed by atoms with E-state index in [0.29, 0.717) is 29.5 Å². The van der Waals surface area contributed by atoms with Gasteiger partial charge in [-0.05, 0) is 45.4 Å². The van der Waals surface area contributed by atoms with Gasteiger partial charge in [-0.25, -0.2) is 4.39 Å². The molecule has 0 aliphatic heterocycles. The zero-order valence-corrected chi connectivity index (χ0v) is 16.8. The molecule has 1 aromatic heterocycles. The summed E-state index contributed by atoms with van der Waals surface area (Å²) < 4.78 is 16.0. The second-order valence-corrected chi connectivity index (χ2v) is 7.67. The Morgan fingerprint density at radius 3 is 2.64 bits per heavy atom. The summed E-state index contributed by atoms with van der Waals surface area (Å²) in [5.74, 6) is 0.128. The van der Waals surface area contributed by atoms with Crippen LogP contribution in [0.1, 0.15) is 54.1 Å². The van der Waals surface area contributed by atoms with Crippen LogP contribution in [0, 0.1) is 31.0 Å². The van der Waals surface area contributed by atoms with Crippen molar-refractivity contribution >= 4 is 11.7 Å². The standard InChI is InChI=1S/C22H27FN4O/c1-15-16(2)27(18-9-5-6-10-18)22(19(15)12-24)25-21(28)14-26(3)13-17-8-4-7-11-20(17)23/h4,7-8,11,18H,5-6,9-10,13-14H2,1-3H3,(H,25,28). The van der Waals surface area contributed by atoms with E-state index in [1.54, 1.807) is 30.1 Å². The van der Waals surface area contributed by atoms with E-state index in [-0.39, 0.29) is 18.3 Å². The number of nitriles is 1. The molecule has 0 atom stereocenters. The van der Waals surface area contributed by atoms with Gasteiger partial charge in [0.05, 0.1) is 12.1 Å². The summed E-state index contributed by atoms with van der Waals surface area (Å²) >= 11 is 0. The number of nitrogens with zero attached hydrogens (tertiary/aromatic N) is 3. The lowest BCUT2D eigenvalue weighted by Gasteiger charge is -2.21. The zero-order valence-electron chi connectivity index (χ0n) is 16.8. The maximum atomic E-state index is 13.8. The average Bonchev–Trinajstić information content (AvgIpc) is 3.24. The molecule has 148 valence electrons. The molecule has 1 fully saturated rings. The normalized spacial score (nSPS) is 14.4. The first-order valence-electron chi connectivity index (χ1n) is 9.75. The molecule has 6 heteroatoms. The molecule has 1 aliphatic carbocycles. The second-order valence-electron chi connectivity index (χ2n) is 7.67. The van der Waals surface area contributed by atoms with Crippen LogP contribution < -0.4 is 5.32 Å². The van der Waals surface area contributed by atoms with Gasteiger partial charge in [-0.2, -0.15) is 5.26 Å². The average molecular weight is 382 g/mol. The molecular formula is C22H27FN4O. The van der Waals surface area contributed by atoms with Gasteiger partial charge in [-0.15, -0.1) is 0 Å². The largest absolute Gasteiger partial charge is 0.327 e. The summed E-state index contributed by atoms with van der Waals surface area (Å²) in [4.78, 5) is 14.5. The summed E-state index contributed by atoms with van der Waals surface area (Å²) in [5, 5.41) is 12.6. The highest BCUT2D eigenvalue weighted by Crippen LogP contribution is 2.37. The number of hydrogen-bond acceptors (Lipinski definition) is 3. The van der Waals surface area contributed by atoms with Gasteiger partial charge in [0.1, 0.15) is 17.7 Å². The molecule has 2 aromatic rings. The highest BCUT2D eigenvalue weighted by molar-refractivity contribution is 5.93. The monoisotopic (exact) mass is 382 g/mol. The van der Waals surface area contributed by atoms with E-state index in [9.17, 15) is 14.4 Å². The van der Waals surface area contributed by atoms with Gasteiger partial charge in [-0.1, -0.05) is 31.0 Å². The molecule has 1 amide bonds. The lowest BCUT2D eigenvalue weighted by atomic mass is 10.2. The summed E-state index contributed by atoms with van der Waals surface area (Å²) in [6, 6.07) is 9.15. The third-order valence-electron chi connectivity index (χ3n) is 5.63. The first-order valence-corrected chi connectivity index (χ1v) is 9.75. The molecule has 0 unspecified atom stereocenters. The van der Waals surface area contributed by atoms with Gasteiger partial charge in [-0.3, -0.25) is 9.69 Å². The van der Waals surface area contributed by atoms with E-state index >= 15 is 0 Å². The Labute approximate surface area is 165 Å². The number of halogens is 1. The van der Waals surface area contributed by atoms with Crippen LogP contribution in [-0.2, 0) is 11.3 Å². The van der Waals surface area contributed by atoms with Crippen molar-refractivity contribution in [1.82, 2.24) is 9.47 Å². The zero-order chi connectivity index (χ0) is 20.3. The Balaban J connectivity index is 1.75. The molecule has 1 N–H and O–H groups in total. The predicted molar refractivity (Wildman–Crippen MR) is 107 cm³/mol. The van der Waals surface area contributed by atoms with Crippen molar-refractivity contribution in [2.45, 2.75) is 52.1 Å². The molecule has 28 heavy (non-hydrogen) atoms. The van der Waals surface area contributed by atoms with E-state index in [0.717, 1.165) is 24.1 Å². The predicted octanol–water partition coefficient (Wildman–Crippen LogP) is 4.30. The summed E-state index contributed by atoms with van der Waals surface area (Å²) in [5.41, 5.74) is 3.05. The van der Waals surface area contributed by atoms with Crippen molar-refractivity contribution in [1.29, 1.82) is 5.26 Å². The van der Waals surface area contributed by atoms with Gasteiger partial charge in [0, 0.05) is 23.8 Å². The number of nitrogens with one attached hydrogen (secondary N) is 1.